The summed E-state index contributed by atoms with van der Waals surface area (Å²) in [5.74, 6) is -0.484. The van der Waals surface area contributed by atoms with E-state index in [1.807, 2.05) is 0 Å². The molecule has 0 aromatic heterocycles. The van der Waals surface area contributed by atoms with Gasteiger partial charge in [0.2, 0.25) is 0 Å². The van der Waals surface area contributed by atoms with E-state index in [0.29, 0.717) is 13.1 Å². The molecule has 1 heterocycles. The molecule has 0 bridgehead atoms. The van der Waals surface area contributed by atoms with Crippen LogP contribution in [-0.4, -0.2) is 40.2 Å². The number of nitrogens with zero attached hydrogens (tertiary/aromatic N) is 1. The number of carbonyl (C=O) groups is 1. The van der Waals surface area contributed by atoms with Crippen LogP contribution in [0.4, 0.5) is 0 Å². The van der Waals surface area contributed by atoms with E-state index >= 15 is 0 Å². The normalized spacial score (nSPS) is 20.8. The predicted octanol–water partition coefficient (Wildman–Crippen LogP) is 2.93. The van der Waals surface area contributed by atoms with Gasteiger partial charge in [-0.2, -0.15) is 0 Å². The molecule has 1 amide bonds. The molecule has 1 aliphatic heterocycles. The number of piperidine rings is 1. The molecule has 1 fully saturated rings. The molecule has 6 heteroatoms. The minimum absolute atomic E-state index is 0.0564. The van der Waals surface area contributed by atoms with E-state index in [2.05, 4.69) is 0 Å². The van der Waals surface area contributed by atoms with Crippen LogP contribution in [0.1, 0.15) is 30.1 Å². The number of likely N-dealkylation sites (tertiary alicyclic amines) is 1. The van der Waals surface area contributed by atoms with E-state index < -0.39 is 6.10 Å². The number of amides is 1. The third kappa shape index (κ3) is 3.19. The highest BCUT2D eigenvalue weighted by molar-refractivity contribution is 6.37. The SMILES string of the molecule is CC(O)C1CCCN(C(=O)c2c(O)cc(Cl)cc2Cl)C1. The fourth-order valence-corrected chi connectivity index (χ4v) is 3.08. The van der Waals surface area contributed by atoms with Crippen LogP contribution in [0.2, 0.25) is 10.0 Å². The Labute approximate surface area is 127 Å². The van der Waals surface area contributed by atoms with Crippen molar-refractivity contribution in [1.82, 2.24) is 4.90 Å². The fourth-order valence-electron chi connectivity index (χ4n) is 2.52. The molecule has 2 N–H and O–H groups in total. The van der Waals surface area contributed by atoms with E-state index in [0.717, 1.165) is 12.8 Å². The number of rotatable bonds is 2. The molecule has 2 atom stereocenters. The highest BCUT2D eigenvalue weighted by atomic mass is 35.5. The molecule has 0 radical (unpaired) electrons. The van der Waals surface area contributed by atoms with Gasteiger partial charge in [-0.3, -0.25) is 4.79 Å². The lowest BCUT2D eigenvalue weighted by Crippen LogP contribution is -2.43. The van der Waals surface area contributed by atoms with Crippen LogP contribution in [0.3, 0.4) is 0 Å². The second-order valence-corrected chi connectivity index (χ2v) is 6.02. The van der Waals surface area contributed by atoms with Gasteiger partial charge in [0.05, 0.1) is 16.7 Å². The second kappa shape index (κ2) is 6.20. The molecule has 110 valence electrons. The van der Waals surface area contributed by atoms with Crippen LogP contribution >= 0.6 is 23.2 Å². The summed E-state index contributed by atoms with van der Waals surface area (Å²) >= 11 is 11.8. The molecule has 1 aromatic carbocycles. The summed E-state index contributed by atoms with van der Waals surface area (Å²) in [6.45, 7) is 2.79. The highest BCUT2D eigenvalue weighted by Crippen LogP contribution is 2.32. The van der Waals surface area contributed by atoms with Crippen molar-refractivity contribution < 1.29 is 15.0 Å². The lowest BCUT2D eigenvalue weighted by Gasteiger charge is -2.34. The van der Waals surface area contributed by atoms with Gasteiger partial charge in [-0.05, 0) is 31.9 Å². The van der Waals surface area contributed by atoms with Crippen molar-refractivity contribution in [3.8, 4) is 5.75 Å². The lowest BCUT2D eigenvalue weighted by atomic mass is 9.93. The van der Waals surface area contributed by atoms with Gasteiger partial charge in [0.1, 0.15) is 5.75 Å². The molecule has 2 rings (SSSR count). The van der Waals surface area contributed by atoms with Crippen molar-refractivity contribution in [3.63, 3.8) is 0 Å². The van der Waals surface area contributed by atoms with E-state index in [-0.39, 0.29) is 33.2 Å². The third-order valence-corrected chi connectivity index (χ3v) is 4.19. The Bertz CT molecular complexity index is 496. The summed E-state index contributed by atoms with van der Waals surface area (Å²) in [4.78, 5) is 14.1. The van der Waals surface area contributed by atoms with Gasteiger partial charge in [0.15, 0.2) is 0 Å². The molecular weight excluding hydrogens is 301 g/mol. The van der Waals surface area contributed by atoms with Gasteiger partial charge >= 0.3 is 0 Å². The zero-order valence-corrected chi connectivity index (χ0v) is 12.7. The standard InChI is InChI=1S/C14H17Cl2NO3/c1-8(18)9-3-2-4-17(7-9)14(20)13-11(16)5-10(15)6-12(13)19/h5-6,8-9,18-19H,2-4,7H2,1H3. The first-order valence-corrected chi connectivity index (χ1v) is 7.31. The highest BCUT2D eigenvalue weighted by Gasteiger charge is 2.29. The maximum atomic E-state index is 12.5. The van der Waals surface area contributed by atoms with Crippen molar-refractivity contribution in [1.29, 1.82) is 0 Å². The van der Waals surface area contributed by atoms with Crippen molar-refractivity contribution >= 4 is 29.1 Å². The predicted molar refractivity (Wildman–Crippen MR) is 78.4 cm³/mol. The summed E-state index contributed by atoms with van der Waals surface area (Å²) in [6.07, 6.45) is 1.26. The lowest BCUT2D eigenvalue weighted by molar-refractivity contribution is 0.0464. The quantitative estimate of drug-likeness (QED) is 0.881. The van der Waals surface area contributed by atoms with Crippen LogP contribution in [0, 0.1) is 5.92 Å². The number of aliphatic hydroxyl groups excluding tert-OH is 1. The molecule has 20 heavy (non-hydrogen) atoms. The number of hydrogen-bond acceptors (Lipinski definition) is 3. The van der Waals surface area contributed by atoms with Crippen molar-refractivity contribution in [2.24, 2.45) is 5.92 Å². The maximum absolute atomic E-state index is 12.5. The number of phenolic OH excluding ortho intramolecular Hbond substituents is 1. The first-order valence-electron chi connectivity index (χ1n) is 6.55. The largest absolute Gasteiger partial charge is 0.507 e. The van der Waals surface area contributed by atoms with Crippen molar-refractivity contribution in [2.45, 2.75) is 25.9 Å². The molecule has 0 aliphatic carbocycles. The number of carbonyl (C=O) groups excluding carboxylic acids is 1. The Morgan fingerprint density at radius 1 is 1.45 bits per heavy atom. The maximum Gasteiger partial charge on any atom is 0.259 e. The number of halogens is 2. The minimum atomic E-state index is -0.458. The van der Waals surface area contributed by atoms with Crippen LogP contribution < -0.4 is 0 Å². The topological polar surface area (TPSA) is 60.8 Å². The first-order chi connectivity index (χ1) is 9.40. The number of hydrogen-bond donors (Lipinski definition) is 2. The van der Waals surface area contributed by atoms with Gasteiger partial charge in [-0.1, -0.05) is 23.2 Å². The Morgan fingerprint density at radius 3 is 2.75 bits per heavy atom. The summed E-state index contributed by atoms with van der Waals surface area (Å²) in [6, 6.07) is 2.74. The zero-order valence-electron chi connectivity index (χ0n) is 11.1. The molecular formula is C14H17Cl2NO3. The molecule has 0 spiro atoms. The Kier molecular flexibility index (Phi) is 4.78. The van der Waals surface area contributed by atoms with Gasteiger partial charge in [0.25, 0.3) is 5.91 Å². The van der Waals surface area contributed by atoms with Crippen molar-refractivity contribution in [3.05, 3.63) is 27.7 Å². The van der Waals surface area contributed by atoms with Gasteiger partial charge in [0, 0.05) is 24.0 Å². The number of benzene rings is 1. The molecule has 0 saturated carbocycles. The smallest absolute Gasteiger partial charge is 0.259 e. The summed E-state index contributed by atoms with van der Waals surface area (Å²) < 4.78 is 0. The Morgan fingerprint density at radius 2 is 2.15 bits per heavy atom. The first kappa shape index (κ1) is 15.4. The number of aliphatic hydroxyl groups is 1. The van der Waals surface area contributed by atoms with E-state index in [4.69, 9.17) is 23.2 Å². The van der Waals surface area contributed by atoms with Crippen molar-refractivity contribution in [2.75, 3.05) is 13.1 Å². The Balaban J connectivity index is 2.23. The molecule has 2 unspecified atom stereocenters. The van der Waals surface area contributed by atoms with Gasteiger partial charge < -0.3 is 15.1 Å². The number of aromatic hydroxyl groups is 1. The van der Waals surface area contributed by atoms with Gasteiger partial charge in [-0.15, -0.1) is 0 Å². The minimum Gasteiger partial charge on any atom is -0.507 e. The van der Waals surface area contributed by atoms with Crippen LogP contribution in [0.15, 0.2) is 12.1 Å². The third-order valence-electron chi connectivity index (χ3n) is 3.68. The second-order valence-electron chi connectivity index (χ2n) is 5.18. The molecule has 1 aliphatic rings. The molecule has 4 nitrogen and oxygen atoms in total. The van der Waals surface area contributed by atoms with Gasteiger partial charge in [-0.25, -0.2) is 0 Å². The monoisotopic (exact) mass is 317 g/mol. The van der Waals surface area contributed by atoms with Crippen LogP contribution in [-0.2, 0) is 0 Å². The van der Waals surface area contributed by atoms with E-state index in [9.17, 15) is 15.0 Å². The Hall–Kier alpha value is -0.970. The zero-order chi connectivity index (χ0) is 14.9. The molecule has 1 saturated heterocycles. The summed E-state index contributed by atoms with van der Waals surface area (Å²) in [7, 11) is 0. The summed E-state index contributed by atoms with van der Waals surface area (Å²) in [5.41, 5.74) is 0.0716. The fraction of sp³-hybridized carbons (Fsp3) is 0.500. The number of phenols is 1. The summed E-state index contributed by atoms with van der Waals surface area (Å²) in [5, 5.41) is 20.0. The van der Waals surface area contributed by atoms with E-state index in [1.165, 1.54) is 12.1 Å². The van der Waals surface area contributed by atoms with Crippen LogP contribution in [0.5, 0.6) is 5.75 Å². The van der Waals surface area contributed by atoms with Crippen LogP contribution in [0.25, 0.3) is 0 Å². The average Bonchev–Trinajstić information content (AvgIpc) is 2.37. The van der Waals surface area contributed by atoms with E-state index in [1.54, 1.807) is 11.8 Å². The molecule has 1 aromatic rings. The average molecular weight is 318 g/mol.